The Balaban J connectivity index is 1.86. The molecule has 0 saturated heterocycles. The Morgan fingerprint density at radius 2 is 1.80 bits per heavy atom. The van der Waals surface area contributed by atoms with Crippen molar-refractivity contribution < 1.29 is 8.42 Å². The zero-order valence-electron chi connectivity index (χ0n) is 13.1. The number of primary sulfonamides is 1. The smallest absolute Gasteiger partial charge is 0.238 e. The first-order valence-electron chi connectivity index (χ1n) is 7.58. The van der Waals surface area contributed by atoms with E-state index in [4.69, 9.17) is 16.7 Å². The number of nitrogens with zero attached hydrogens (tertiary/aromatic N) is 2. The highest BCUT2D eigenvalue weighted by molar-refractivity contribution is 7.89. The van der Waals surface area contributed by atoms with Gasteiger partial charge in [0.15, 0.2) is 0 Å². The van der Waals surface area contributed by atoms with E-state index in [2.05, 4.69) is 9.55 Å². The van der Waals surface area contributed by atoms with Gasteiger partial charge in [-0.15, -0.1) is 0 Å². The minimum atomic E-state index is -3.69. The lowest BCUT2D eigenvalue weighted by atomic mass is 10.2. The van der Waals surface area contributed by atoms with Gasteiger partial charge in [0.2, 0.25) is 10.0 Å². The molecule has 2 aromatic carbocycles. The second-order valence-electron chi connectivity index (χ2n) is 5.81. The van der Waals surface area contributed by atoms with E-state index in [1.807, 2.05) is 30.3 Å². The molecule has 0 aliphatic rings. The number of aromatic nitrogens is 2. The van der Waals surface area contributed by atoms with Gasteiger partial charge in [0.05, 0.1) is 21.4 Å². The van der Waals surface area contributed by atoms with Gasteiger partial charge in [0, 0.05) is 23.2 Å². The topological polar surface area (TPSA) is 78.0 Å². The zero-order valence-corrected chi connectivity index (χ0v) is 14.6. The lowest BCUT2D eigenvalue weighted by Crippen LogP contribution is -2.12. The van der Waals surface area contributed by atoms with Crippen molar-refractivity contribution in [3.63, 3.8) is 0 Å². The molecular weight excluding hydrogens is 358 g/mol. The Hall–Kier alpha value is -2.41. The standard InChI is InChI=1S/C18H14ClN3O2S/c19-13-5-8-16-15(10-13)18-17(2-1-9-21-18)22(16)11-12-3-6-14(7-4-12)25(20,23)24/h1-10H,11H2,(H2,20,23,24). The molecule has 0 aliphatic carbocycles. The molecular formula is C18H14ClN3O2S. The number of hydrogen-bond acceptors (Lipinski definition) is 3. The summed E-state index contributed by atoms with van der Waals surface area (Å²) in [7, 11) is -3.69. The van der Waals surface area contributed by atoms with Gasteiger partial charge in [-0.05, 0) is 48.0 Å². The van der Waals surface area contributed by atoms with Crippen LogP contribution in [0.1, 0.15) is 5.56 Å². The third-order valence-electron chi connectivity index (χ3n) is 4.17. The van der Waals surface area contributed by atoms with Crippen LogP contribution in [0.3, 0.4) is 0 Å². The number of rotatable bonds is 3. The number of nitrogens with two attached hydrogens (primary N) is 1. The Morgan fingerprint density at radius 3 is 2.52 bits per heavy atom. The number of hydrogen-bond donors (Lipinski definition) is 1. The highest BCUT2D eigenvalue weighted by atomic mass is 35.5. The molecule has 126 valence electrons. The fraction of sp³-hybridized carbons (Fsp3) is 0.0556. The summed E-state index contributed by atoms with van der Waals surface area (Å²) in [6.07, 6.45) is 1.76. The summed E-state index contributed by atoms with van der Waals surface area (Å²) in [6.45, 7) is 0.582. The molecule has 5 nitrogen and oxygen atoms in total. The van der Waals surface area contributed by atoms with Crippen molar-refractivity contribution in [3.05, 3.63) is 71.4 Å². The minimum Gasteiger partial charge on any atom is -0.335 e. The van der Waals surface area contributed by atoms with Crippen molar-refractivity contribution in [3.8, 4) is 0 Å². The molecule has 4 rings (SSSR count). The summed E-state index contributed by atoms with van der Waals surface area (Å²) in [4.78, 5) is 4.59. The number of sulfonamides is 1. The maximum atomic E-state index is 11.4. The molecule has 2 aromatic heterocycles. The summed E-state index contributed by atoms with van der Waals surface area (Å²) >= 11 is 6.14. The predicted molar refractivity (Wildman–Crippen MR) is 99.2 cm³/mol. The van der Waals surface area contributed by atoms with Crippen LogP contribution < -0.4 is 5.14 Å². The van der Waals surface area contributed by atoms with Gasteiger partial charge in [-0.1, -0.05) is 23.7 Å². The average Bonchev–Trinajstić information content (AvgIpc) is 2.88. The van der Waals surface area contributed by atoms with Crippen molar-refractivity contribution in [2.75, 3.05) is 0 Å². The Bertz CT molecular complexity index is 1200. The van der Waals surface area contributed by atoms with Crippen LogP contribution in [0, 0.1) is 0 Å². The van der Waals surface area contributed by atoms with Gasteiger partial charge >= 0.3 is 0 Å². The zero-order chi connectivity index (χ0) is 17.6. The van der Waals surface area contributed by atoms with Gasteiger partial charge in [-0.2, -0.15) is 0 Å². The van der Waals surface area contributed by atoms with Gasteiger partial charge in [-0.25, -0.2) is 13.6 Å². The van der Waals surface area contributed by atoms with Crippen LogP contribution in [0.5, 0.6) is 0 Å². The van der Waals surface area contributed by atoms with E-state index >= 15 is 0 Å². The van der Waals surface area contributed by atoms with Gasteiger partial charge in [0.25, 0.3) is 0 Å². The van der Waals surface area contributed by atoms with Crippen molar-refractivity contribution in [2.24, 2.45) is 5.14 Å². The molecule has 0 radical (unpaired) electrons. The maximum Gasteiger partial charge on any atom is 0.238 e. The monoisotopic (exact) mass is 371 g/mol. The van der Waals surface area contributed by atoms with Gasteiger partial charge in [0.1, 0.15) is 0 Å². The van der Waals surface area contributed by atoms with Crippen molar-refractivity contribution >= 4 is 43.6 Å². The SMILES string of the molecule is NS(=O)(=O)c1ccc(Cn2c3ccc(Cl)cc3c3ncccc32)cc1. The summed E-state index contributed by atoms with van der Waals surface area (Å²) in [5.41, 5.74) is 3.87. The van der Waals surface area contributed by atoms with E-state index in [1.165, 1.54) is 12.1 Å². The molecule has 0 saturated carbocycles. The van der Waals surface area contributed by atoms with Crippen LogP contribution in [0.4, 0.5) is 0 Å². The highest BCUT2D eigenvalue weighted by Gasteiger charge is 2.13. The quantitative estimate of drug-likeness (QED) is 0.598. The van der Waals surface area contributed by atoms with Crippen molar-refractivity contribution in [1.29, 1.82) is 0 Å². The van der Waals surface area contributed by atoms with E-state index < -0.39 is 10.0 Å². The number of benzene rings is 2. The molecule has 0 atom stereocenters. The lowest BCUT2D eigenvalue weighted by Gasteiger charge is -2.08. The van der Waals surface area contributed by atoms with E-state index in [0.29, 0.717) is 11.6 Å². The summed E-state index contributed by atoms with van der Waals surface area (Å²) in [6, 6.07) is 16.2. The summed E-state index contributed by atoms with van der Waals surface area (Å²) in [5.74, 6) is 0. The first-order chi connectivity index (χ1) is 11.9. The molecule has 2 heterocycles. The Morgan fingerprint density at radius 1 is 1.04 bits per heavy atom. The van der Waals surface area contributed by atoms with E-state index in [-0.39, 0.29) is 4.90 Å². The summed E-state index contributed by atoms with van der Waals surface area (Å²) in [5, 5.41) is 6.80. The number of halogens is 1. The normalized spacial score (nSPS) is 12.1. The minimum absolute atomic E-state index is 0.104. The molecule has 0 unspecified atom stereocenters. The van der Waals surface area contributed by atoms with Crippen molar-refractivity contribution in [2.45, 2.75) is 11.4 Å². The third-order valence-corrected chi connectivity index (χ3v) is 5.34. The van der Waals surface area contributed by atoms with Gasteiger partial charge in [-0.3, -0.25) is 4.98 Å². The molecule has 0 amide bonds. The van der Waals surface area contributed by atoms with Crippen LogP contribution in [0.2, 0.25) is 5.02 Å². The molecule has 4 aromatic rings. The maximum absolute atomic E-state index is 11.4. The Labute approximate surface area is 149 Å². The second kappa shape index (κ2) is 5.84. The molecule has 7 heteroatoms. The summed E-state index contributed by atoms with van der Waals surface area (Å²) < 4.78 is 24.9. The molecule has 0 aliphatic heterocycles. The second-order valence-corrected chi connectivity index (χ2v) is 7.81. The van der Waals surface area contributed by atoms with Crippen LogP contribution in [-0.4, -0.2) is 18.0 Å². The molecule has 2 N–H and O–H groups in total. The first-order valence-corrected chi connectivity index (χ1v) is 9.50. The Kier molecular flexibility index (Phi) is 3.76. The fourth-order valence-electron chi connectivity index (χ4n) is 3.02. The van der Waals surface area contributed by atoms with E-state index in [9.17, 15) is 8.42 Å². The largest absolute Gasteiger partial charge is 0.335 e. The molecule has 0 bridgehead atoms. The van der Waals surface area contributed by atoms with Crippen LogP contribution in [0.25, 0.3) is 21.9 Å². The van der Waals surface area contributed by atoms with Crippen LogP contribution in [0.15, 0.2) is 65.7 Å². The average molecular weight is 372 g/mol. The first kappa shape index (κ1) is 16.1. The van der Waals surface area contributed by atoms with Crippen LogP contribution >= 0.6 is 11.6 Å². The highest BCUT2D eigenvalue weighted by Crippen LogP contribution is 2.30. The van der Waals surface area contributed by atoms with Crippen molar-refractivity contribution in [1.82, 2.24) is 9.55 Å². The van der Waals surface area contributed by atoms with E-state index in [1.54, 1.807) is 18.3 Å². The fourth-order valence-corrected chi connectivity index (χ4v) is 3.71. The third kappa shape index (κ3) is 2.89. The van der Waals surface area contributed by atoms with Gasteiger partial charge < -0.3 is 4.57 Å². The van der Waals surface area contributed by atoms with Crippen LogP contribution in [-0.2, 0) is 16.6 Å². The predicted octanol–water partition coefficient (Wildman–Crippen LogP) is 3.54. The van der Waals surface area contributed by atoms with E-state index in [0.717, 1.165) is 27.5 Å². The molecule has 0 spiro atoms. The molecule has 25 heavy (non-hydrogen) atoms. The molecule has 0 fully saturated rings. The number of fused-ring (bicyclic) bond motifs is 3. The lowest BCUT2D eigenvalue weighted by molar-refractivity contribution is 0.597. The number of pyridine rings is 1.